The van der Waals surface area contributed by atoms with E-state index in [9.17, 15) is 4.79 Å². The lowest BCUT2D eigenvalue weighted by Crippen LogP contribution is -2.21. The molecule has 0 bridgehead atoms. The van der Waals surface area contributed by atoms with Gasteiger partial charge in [0.1, 0.15) is 0 Å². The summed E-state index contributed by atoms with van der Waals surface area (Å²) in [4.78, 5) is 14.0. The summed E-state index contributed by atoms with van der Waals surface area (Å²) in [6.45, 7) is 0.758. The molecule has 0 amide bonds. The van der Waals surface area contributed by atoms with Crippen molar-refractivity contribution in [2.75, 3.05) is 6.61 Å². The number of aliphatic imine (C=N–C) groups is 1. The lowest BCUT2D eigenvalue weighted by atomic mass is 10.1. The van der Waals surface area contributed by atoms with Gasteiger partial charge in [0.05, 0.1) is 18.0 Å². The number of rotatable bonds is 6. The molecule has 0 spiro atoms. The largest absolute Gasteiger partial charge is 0.467 e. The molecule has 0 saturated heterocycles. The van der Waals surface area contributed by atoms with Crippen molar-refractivity contribution in [2.45, 2.75) is 6.42 Å². The van der Waals surface area contributed by atoms with Crippen molar-refractivity contribution >= 4 is 18.1 Å². The molecule has 0 atom stereocenters. The first-order valence-corrected chi connectivity index (χ1v) is 5.98. The van der Waals surface area contributed by atoms with Crippen molar-refractivity contribution in [3.05, 3.63) is 36.0 Å². The third-order valence-corrected chi connectivity index (χ3v) is 2.61. The molecule has 0 aliphatic carbocycles. The number of hydrogen-bond acceptors (Lipinski definition) is 4. The van der Waals surface area contributed by atoms with Crippen LogP contribution in [0.25, 0.3) is 11.3 Å². The SMILES string of the molecule is NC(N)=Nc1ccc(-c2cc(CCOC=O)[nH]n2)cc1. The Kier molecular flexibility index (Phi) is 4.33. The molecule has 2 rings (SSSR count). The van der Waals surface area contributed by atoms with Gasteiger partial charge in [0.15, 0.2) is 5.96 Å². The highest BCUT2D eigenvalue weighted by Crippen LogP contribution is 2.21. The third kappa shape index (κ3) is 3.58. The first kappa shape index (κ1) is 13.6. The van der Waals surface area contributed by atoms with Crippen molar-refractivity contribution in [1.82, 2.24) is 10.2 Å². The Morgan fingerprint density at radius 2 is 2.10 bits per heavy atom. The number of carbonyl (C=O) groups excluding carboxylic acids is 1. The van der Waals surface area contributed by atoms with Gasteiger partial charge < -0.3 is 16.2 Å². The minimum Gasteiger partial charge on any atom is -0.467 e. The van der Waals surface area contributed by atoms with Crippen LogP contribution in [0.15, 0.2) is 35.3 Å². The summed E-state index contributed by atoms with van der Waals surface area (Å²) < 4.78 is 4.64. The average molecular weight is 273 g/mol. The zero-order chi connectivity index (χ0) is 14.4. The summed E-state index contributed by atoms with van der Waals surface area (Å²) in [7, 11) is 0. The molecule has 0 fully saturated rings. The summed E-state index contributed by atoms with van der Waals surface area (Å²) in [6, 6.07) is 9.27. The van der Waals surface area contributed by atoms with Crippen molar-refractivity contribution in [3.63, 3.8) is 0 Å². The van der Waals surface area contributed by atoms with Gasteiger partial charge in [0.25, 0.3) is 6.47 Å². The van der Waals surface area contributed by atoms with E-state index in [2.05, 4.69) is 19.9 Å². The van der Waals surface area contributed by atoms with Gasteiger partial charge >= 0.3 is 0 Å². The van der Waals surface area contributed by atoms with Gasteiger partial charge in [0, 0.05) is 17.7 Å². The van der Waals surface area contributed by atoms with Gasteiger partial charge in [-0.1, -0.05) is 12.1 Å². The van der Waals surface area contributed by atoms with E-state index in [1.165, 1.54) is 0 Å². The van der Waals surface area contributed by atoms with Crippen LogP contribution in [0.2, 0.25) is 0 Å². The van der Waals surface area contributed by atoms with Crippen LogP contribution in [-0.4, -0.2) is 29.2 Å². The van der Waals surface area contributed by atoms with Crippen LogP contribution >= 0.6 is 0 Å². The zero-order valence-corrected chi connectivity index (χ0v) is 10.7. The van der Waals surface area contributed by atoms with E-state index >= 15 is 0 Å². The normalized spacial score (nSPS) is 10.0. The lowest BCUT2D eigenvalue weighted by Gasteiger charge is -1.98. The predicted octanol–water partition coefficient (Wildman–Crippen LogP) is 0.697. The quantitative estimate of drug-likeness (QED) is 0.310. The van der Waals surface area contributed by atoms with Crippen LogP contribution in [0.1, 0.15) is 5.69 Å². The Bertz CT molecular complexity index is 599. The topological polar surface area (TPSA) is 119 Å². The van der Waals surface area contributed by atoms with E-state index in [-0.39, 0.29) is 5.96 Å². The van der Waals surface area contributed by atoms with E-state index in [0.29, 0.717) is 25.2 Å². The molecule has 0 unspecified atom stereocenters. The number of benzene rings is 1. The molecular formula is C13H15N5O2. The molecule has 104 valence electrons. The minimum absolute atomic E-state index is 0.0231. The molecule has 0 radical (unpaired) electrons. The third-order valence-electron chi connectivity index (χ3n) is 2.61. The smallest absolute Gasteiger partial charge is 0.293 e. The number of nitrogens with one attached hydrogen (secondary N) is 1. The summed E-state index contributed by atoms with van der Waals surface area (Å²) in [5.74, 6) is 0.0231. The van der Waals surface area contributed by atoms with Crippen LogP contribution in [0, 0.1) is 0 Å². The predicted molar refractivity (Wildman–Crippen MR) is 75.2 cm³/mol. The van der Waals surface area contributed by atoms with Crippen molar-refractivity contribution in [2.24, 2.45) is 16.5 Å². The minimum atomic E-state index is 0.0231. The van der Waals surface area contributed by atoms with Gasteiger partial charge in [-0.05, 0) is 18.2 Å². The van der Waals surface area contributed by atoms with Crippen LogP contribution in [0.5, 0.6) is 0 Å². The lowest BCUT2D eigenvalue weighted by molar-refractivity contribution is -0.128. The highest BCUT2D eigenvalue weighted by molar-refractivity contribution is 5.79. The van der Waals surface area contributed by atoms with Crippen molar-refractivity contribution in [1.29, 1.82) is 0 Å². The molecule has 7 nitrogen and oxygen atoms in total. The van der Waals surface area contributed by atoms with Crippen LogP contribution in [0.3, 0.4) is 0 Å². The van der Waals surface area contributed by atoms with Gasteiger partial charge in [-0.15, -0.1) is 0 Å². The van der Waals surface area contributed by atoms with E-state index in [1.54, 1.807) is 12.1 Å². The molecule has 0 aliphatic rings. The fourth-order valence-electron chi connectivity index (χ4n) is 1.71. The molecule has 5 N–H and O–H groups in total. The number of aromatic nitrogens is 2. The summed E-state index contributed by atoms with van der Waals surface area (Å²) in [5, 5.41) is 7.10. The monoisotopic (exact) mass is 273 g/mol. The van der Waals surface area contributed by atoms with E-state index in [1.807, 2.05) is 18.2 Å². The molecule has 2 aromatic rings. The van der Waals surface area contributed by atoms with E-state index in [4.69, 9.17) is 11.5 Å². The Morgan fingerprint density at radius 1 is 1.35 bits per heavy atom. The Hall–Kier alpha value is -2.83. The number of nitrogens with zero attached hydrogens (tertiary/aromatic N) is 2. The maximum atomic E-state index is 10.1. The maximum Gasteiger partial charge on any atom is 0.293 e. The van der Waals surface area contributed by atoms with Crippen molar-refractivity contribution in [3.8, 4) is 11.3 Å². The Labute approximate surface area is 115 Å². The van der Waals surface area contributed by atoms with Gasteiger partial charge in [-0.2, -0.15) is 5.10 Å². The molecule has 0 saturated carbocycles. The van der Waals surface area contributed by atoms with Gasteiger partial charge in [-0.3, -0.25) is 9.89 Å². The number of H-pyrrole nitrogens is 1. The molecule has 1 heterocycles. The second-order valence-electron chi connectivity index (χ2n) is 4.08. The van der Waals surface area contributed by atoms with E-state index < -0.39 is 0 Å². The molecule has 1 aromatic heterocycles. The Balaban J connectivity index is 2.08. The van der Waals surface area contributed by atoms with Crippen LogP contribution < -0.4 is 11.5 Å². The second kappa shape index (κ2) is 6.37. The molecule has 1 aromatic carbocycles. The first-order chi connectivity index (χ1) is 9.69. The molecule has 7 heteroatoms. The number of aromatic amines is 1. The fourth-order valence-corrected chi connectivity index (χ4v) is 1.71. The molecular weight excluding hydrogens is 258 g/mol. The number of carbonyl (C=O) groups is 1. The second-order valence-corrected chi connectivity index (χ2v) is 4.08. The standard InChI is InChI=1S/C13H15N5O2/c14-13(15)16-10-3-1-9(2-4-10)12-7-11(17-18-12)5-6-20-8-19/h1-4,7-8H,5-6H2,(H,17,18)(H4,14,15,16). The maximum absolute atomic E-state index is 10.1. The highest BCUT2D eigenvalue weighted by Gasteiger charge is 2.04. The summed E-state index contributed by atoms with van der Waals surface area (Å²) in [5.41, 5.74) is 14.0. The number of nitrogens with two attached hydrogens (primary N) is 2. The van der Waals surface area contributed by atoms with Crippen molar-refractivity contribution < 1.29 is 9.53 Å². The molecule has 0 aliphatic heterocycles. The first-order valence-electron chi connectivity index (χ1n) is 5.98. The fraction of sp³-hybridized carbons (Fsp3) is 0.154. The molecule has 20 heavy (non-hydrogen) atoms. The van der Waals surface area contributed by atoms with E-state index in [0.717, 1.165) is 17.0 Å². The van der Waals surface area contributed by atoms with Crippen LogP contribution in [-0.2, 0) is 16.0 Å². The number of hydrogen-bond donors (Lipinski definition) is 3. The summed E-state index contributed by atoms with van der Waals surface area (Å²) >= 11 is 0. The summed E-state index contributed by atoms with van der Waals surface area (Å²) in [6.07, 6.45) is 0.595. The Morgan fingerprint density at radius 3 is 2.75 bits per heavy atom. The average Bonchev–Trinajstić information content (AvgIpc) is 2.88. The zero-order valence-electron chi connectivity index (χ0n) is 10.7. The number of guanidine groups is 1. The van der Waals surface area contributed by atoms with Crippen LogP contribution in [0.4, 0.5) is 5.69 Å². The highest BCUT2D eigenvalue weighted by atomic mass is 16.5. The van der Waals surface area contributed by atoms with Gasteiger partial charge in [0.2, 0.25) is 0 Å². The van der Waals surface area contributed by atoms with Gasteiger partial charge in [-0.25, -0.2) is 4.99 Å². The number of ether oxygens (including phenoxy) is 1.